The van der Waals surface area contributed by atoms with Crippen LogP contribution in [-0.2, 0) is 44.7 Å². The molecule has 0 spiro atoms. The number of thioether (sulfide) groups is 1. The van der Waals surface area contributed by atoms with Gasteiger partial charge < -0.3 is 45.9 Å². The molecule has 4 unspecified atom stereocenters. The van der Waals surface area contributed by atoms with Crippen LogP contribution in [0.1, 0.15) is 50.5 Å². The van der Waals surface area contributed by atoms with Crippen molar-refractivity contribution in [1.29, 1.82) is 0 Å². The van der Waals surface area contributed by atoms with Crippen LogP contribution >= 0.6 is 11.8 Å². The Morgan fingerprint density at radius 2 is 1.60 bits per heavy atom. The van der Waals surface area contributed by atoms with Crippen LogP contribution in [-0.4, -0.2) is 106 Å². The van der Waals surface area contributed by atoms with Crippen LogP contribution < -0.4 is 27.0 Å². The van der Waals surface area contributed by atoms with E-state index < -0.39 is 23.9 Å². The number of primary amides is 1. The number of benzene rings is 1. The molecule has 6 N–H and O–H groups in total. The van der Waals surface area contributed by atoms with Gasteiger partial charge in [0, 0.05) is 55.3 Å². The Morgan fingerprint density at radius 1 is 0.915 bits per heavy atom. The molecule has 47 heavy (non-hydrogen) atoms. The molecular formula is C32H49N5O9S. The number of carbonyl (C=O) groups is 5. The smallest absolute Gasteiger partial charge is 0.408 e. The largest absolute Gasteiger partial charge is 0.445 e. The summed E-state index contributed by atoms with van der Waals surface area (Å²) < 4.78 is 21.6. The number of amides is 5. The number of nitrogens with two attached hydrogens (primary N) is 1. The Hall–Kier alpha value is -3.40. The molecule has 0 saturated carbocycles. The first-order valence-electron chi connectivity index (χ1n) is 16.3. The number of carbonyl (C=O) groups excluding carboxylic acids is 5. The van der Waals surface area contributed by atoms with Gasteiger partial charge in [-0.15, -0.1) is 0 Å². The van der Waals surface area contributed by atoms with Crippen molar-refractivity contribution in [1.82, 2.24) is 21.3 Å². The molecule has 15 heteroatoms. The van der Waals surface area contributed by atoms with Crippen LogP contribution in [0.3, 0.4) is 0 Å². The maximum absolute atomic E-state index is 12.6. The van der Waals surface area contributed by atoms with Gasteiger partial charge in [-0.1, -0.05) is 36.8 Å². The van der Waals surface area contributed by atoms with Gasteiger partial charge in [0.15, 0.2) is 0 Å². The van der Waals surface area contributed by atoms with Crippen LogP contribution in [0.5, 0.6) is 0 Å². The van der Waals surface area contributed by atoms with Crippen LogP contribution in [0.4, 0.5) is 4.79 Å². The first kappa shape index (κ1) is 38.1. The van der Waals surface area contributed by atoms with Gasteiger partial charge in [0.05, 0.1) is 39.6 Å². The summed E-state index contributed by atoms with van der Waals surface area (Å²) in [6.07, 6.45) is 3.19. The first-order valence-corrected chi connectivity index (χ1v) is 17.3. The Bertz CT molecular complexity index is 1130. The zero-order valence-electron chi connectivity index (χ0n) is 26.9. The van der Waals surface area contributed by atoms with E-state index in [1.807, 2.05) is 42.1 Å². The highest BCUT2D eigenvalue weighted by Gasteiger charge is 2.42. The predicted octanol–water partition coefficient (Wildman–Crippen LogP) is 1.01. The Morgan fingerprint density at radius 3 is 2.30 bits per heavy atom. The third kappa shape index (κ3) is 15.8. The van der Waals surface area contributed by atoms with E-state index in [2.05, 4.69) is 21.3 Å². The summed E-state index contributed by atoms with van der Waals surface area (Å²) in [6, 6.07) is 8.46. The van der Waals surface area contributed by atoms with E-state index in [9.17, 15) is 24.0 Å². The molecule has 2 heterocycles. The molecule has 0 radical (unpaired) electrons. The zero-order valence-corrected chi connectivity index (χ0v) is 27.7. The van der Waals surface area contributed by atoms with Crippen LogP contribution in [0.25, 0.3) is 0 Å². The van der Waals surface area contributed by atoms with Crippen molar-refractivity contribution >= 4 is 41.5 Å². The molecule has 0 aliphatic carbocycles. The van der Waals surface area contributed by atoms with E-state index in [0.717, 1.165) is 30.6 Å². The van der Waals surface area contributed by atoms with E-state index >= 15 is 0 Å². The van der Waals surface area contributed by atoms with Crippen molar-refractivity contribution in [2.24, 2.45) is 11.7 Å². The fourth-order valence-corrected chi connectivity index (χ4v) is 6.94. The molecule has 14 nitrogen and oxygen atoms in total. The third-order valence-electron chi connectivity index (χ3n) is 7.75. The molecule has 2 saturated heterocycles. The maximum atomic E-state index is 12.6. The van der Waals surface area contributed by atoms with Gasteiger partial charge in [-0.2, -0.15) is 11.8 Å². The van der Waals surface area contributed by atoms with E-state index in [4.69, 9.17) is 24.7 Å². The molecule has 3 rings (SSSR count). The van der Waals surface area contributed by atoms with Crippen molar-refractivity contribution in [3.05, 3.63) is 35.9 Å². The summed E-state index contributed by atoms with van der Waals surface area (Å²) in [5.74, 6) is 0.581. The third-order valence-corrected chi connectivity index (χ3v) is 9.32. The molecule has 4 atom stereocenters. The van der Waals surface area contributed by atoms with Crippen molar-refractivity contribution in [3.8, 4) is 0 Å². The fraction of sp³-hybridized carbons (Fsp3) is 0.656. The summed E-state index contributed by atoms with van der Waals surface area (Å²) in [4.78, 5) is 59.6. The highest BCUT2D eigenvalue weighted by Crippen LogP contribution is 2.40. The van der Waals surface area contributed by atoms with Gasteiger partial charge in [-0.05, 0) is 24.8 Å². The second-order valence-corrected chi connectivity index (χ2v) is 12.7. The van der Waals surface area contributed by atoms with Crippen LogP contribution in [0.15, 0.2) is 30.3 Å². The second kappa shape index (κ2) is 22.2. The van der Waals surface area contributed by atoms with Gasteiger partial charge in [-0.3, -0.25) is 19.2 Å². The minimum Gasteiger partial charge on any atom is -0.445 e. The Kier molecular flexibility index (Phi) is 18.0. The standard InChI is InChI=1S/C32H49N5O9S/c33-28(38)11-10-25(37-32(42)46-21-23-6-2-1-3-7-23)31(41)35-13-15-44-17-19-45-18-16-43-14-12-34-29(39)9-5-4-8-27-24-20-30(40)36-26(24)22-47-27/h1-3,6-7,24-27H,4-5,8-22H2,(H2,33,38)(H,34,39)(H,35,41)(H,36,40)(H,37,42). The normalized spacial score (nSPS) is 19.0. The van der Waals surface area contributed by atoms with Gasteiger partial charge in [0.1, 0.15) is 12.6 Å². The minimum absolute atomic E-state index is 0.0200. The molecule has 1 aromatic rings. The topological polar surface area (TPSA) is 196 Å². The van der Waals surface area contributed by atoms with Gasteiger partial charge in [0.25, 0.3) is 0 Å². The Labute approximate surface area is 280 Å². The average molecular weight is 680 g/mol. The lowest BCUT2D eigenvalue weighted by atomic mass is 9.94. The number of rotatable bonds is 24. The number of ether oxygens (including phenoxy) is 4. The quantitative estimate of drug-likeness (QED) is 0.0984. The van der Waals surface area contributed by atoms with E-state index in [1.165, 1.54) is 0 Å². The molecule has 2 aliphatic rings. The number of hydrogen-bond acceptors (Lipinski definition) is 10. The fourth-order valence-electron chi connectivity index (χ4n) is 5.29. The van der Waals surface area contributed by atoms with Crippen LogP contribution in [0, 0.1) is 5.92 Å². The highest BCUT2D eigenvalue weighted by atomic mass is 32.2. The number of nitrogens with one attached hydrogen (secondary N) is 4. The maximum Gasteiger partial charge on any atom is 0.408 e. The van der Waals surface area contributed by atoms with E-state index in [-0.39, 0.29) is 44.4 Å². The SMILES string of the molecule is NC(=O)CCC(NC(=O)OCc1ccccc1)C(=O)NCCOCCOCCOCCNC(=O)CCCCC1SCC2NC(=O)CC21. The summed E-state index contributed by atoms with van der Waals surface area (Å²) >= 11 is 1.94. The number of fused-ring (bicyclic) bond motifs is 1. The monoisotopic (exact) mass is 679 g/mol. The highest BCUT2D eigenvalue weighted by molar-refractivity contribution is 8.00. The molecule has 5 amide bonds. The lowest BCUT2D eigenvalue weighted by Gasteiger charge is -2.18. The molecule has 262 valence electrons. The molecule has 0 aromatic heterocycles. The predicted molar refractivity (Wildman–Crippen MR) is 175 cm³/mol. The van der Waals surface area contributed by atoms with Gasteiger partial charge in [-0.25, -0.2) is 4.79 Å². The van der Waals surface area contributed by atoms with Crippen LogP contribution in [0.2, 0.25) is 0 Å². The molecule has 2 fully saturated rings. The summed E-state index contributed by atoms with van der Waals surface area (Å²) in [5, 5.41) is 11.6. The molecular weight excluding hydrogens is 630 g/mol. The molecule has 1 aromatic carbocycles. The minimum atomic E-state index is -0.985. The lowest BCUT2D eigenvalue weighted by Crippen LogP contribution is -2.48. The Balaban J connectivity index is 1.10. The van der Waals surface area contributed by atoms with E-state index in [0.29, 0.717) is 69.6 Å². The molecule has 2 aliphatic heterocycles. The number of alkyl carbamates (subject to hydrolysis) is 1. The van der Waals surface area contributed by atoms with Crippen molar-refractivity contribution in [2.75, 3.05) is 58.5 Å². The summed E-state index contributed by atoms with van der Waals surface area (Å²) in [5.41, 5.74) is 6.01. The van der Waals surface area contributed by atoms with Gasteiger partial charge >= 0.3 is 6.09 Å². The second-order valence-electron chi connectivity index (χ2n) is 11.4. The zero-order chi connectivity index (χ0) is 33.7. The first-order chi connectivity index (χ1) is 22.8. The number of hydrogen-bond donors (Lipinski definition) is 5. The van der Waals surface area contributed by atoms with Crippen molar-refractivity contribution in [3.63, 3.8) is 0 Å². The van der Waals surface area contributed by atoms with Crippen molar-refractivity contribution in [2.45, 2.75) is 68.9 Å². The lowest BCUT2D eigenvalue weighted by molar-refractivity contribution is -0.124. The van der Waals surface area contributed by atoms with Gasteiger partial charge in [0.2, 0.25) is 23.6 Å². The average Bonchev–Trinajstić information content (AvgIpc) is 3.61. The summed E-state index contributed by atoms with van der Waals surface area (Å²) in [6.45, 7) is 2.73. The number of unbranched alkanes of at least 4 members (excludes halogenated alkanes) is 1. The van der Waals surface area contributed by atoms with E-state index in [1.54, 1.807) is 0 Å². The molecule has 0 bridgehead atoms. The van der Waals surface area contributed by atoms with Crippen molar-refractivity contribution < 1.29 is 42.9 Å². The summed E-state index contributed by atoms with van der Waals surface area (Å²) in [7, 11) is 0.